The van der Waals surface area contributed by atoms with Crippen LogP contribution in [-0.4, -0.2) is 21.8 Å². The number of carbonyl (C=O) groups is 1. The molecule has 0 saturated heterocycles. The highest BCUT2D eigenvalue weighted by Gasteiger charge is 2.19. The molecular formula is C21H19F2N3O3. The lowest BCUT2D eigenvalue weighted by atomic mass is 10.2. The monoisotopic (exact) mass is 399 g/mol. The normalized spacial score (nSPS) is 11.7. The lowest BCUT2D eigenvalue weighted by molar-refractivity contribution is -0.128. The molecule has 3 rings (SSSR count). The maximum atomic E-state index is 13.2. The van der Waals surface area contributed by atoms with Crippen molar-refractivity contribution in [3.63, 3.8) is 0 Å². The molecule has 1 atom stereocenters. The fourth-order valence-corrected chi connectivity index (χ4v) is 2.64. The highest BCUT2D eigenvalue weighted by Crippen LogP contribution is 2.12. The summed E-state index contributed by atoms with van der Waals surface area (Å²) in [7, 11) is 0. The quantitative estimate of drug-likeness (QED) is 0.663. The van der Waals surface area contributed by atoms with Gasteiger partial charge in [0.2, 0.25) is 5.88 Å². The maximum Gasteiger partial charge on any atom is 0.271 e. The molecule has 0 fully saturated rings. The summed E-state index contributed by atoms with van der Waals surface area (Å²) in [5.74, 6) is -1.14. The predicted octanol–water partition coefficient (Wildman–Crippen LogP) is 2.98. The minimum Gasteiger partial charge on any atom is -0.463 e. The van der Waals surface area contributed by atoms with Gasteiger partial charge in [0, 0.05) is 18.7 Å². The number of nitrogens with zero attached hydrogens (tertiary/aromatic N) is 2. The average molecular weight is 399 g/mol. The molecule has 0 unspecified atom stereocenters. The number of nitrogens with one attached hydrogen (secondary N) is 1. The number of halogens is 2. The Balaban J connectivity index is 1.71. The molecular weight excluding hydrogens is 380 g/mol. The van der Waals surface area contributed by atoms with Crippen LogP contribution >= 0.6 is 0 Å². The van der Waals surface area contributed by atoms with E-state index in [1.807, 2.05) is 0 Å². The largest absolute Gasteiger partial charge is 0.463 e. The van der Waals surface area contributed by atoms with E-state index in [0.717, 1.165) is 4.68 Å². The number of amides is 1. The van der Waals surface area contributed by atoms with E-state index in [-0.39, 0.29) is 18.2 Å². The Morgan fingerprint density at radius 2 is 1.86 bits per heavy atom. The molecule has 0 radical (unpaired) electrons. The Labute approximate surface area is 165 Å². The van der Waals surface area contributed by atoms with Gasteiger partial charge >= 0.3 is 0 Å². The summed E-state index contributed by atoms with van der Waals surface area (Å²) in [5.41, 5.74) is 0.564. The number of aromatic nitrogens is 2. The van der Waals surface area contributed by atoms with Gasteiger partial charge in [0.05, 0.1) is 5.69 Å². The second kappa shape index (κ2) is 9.09. The molecule has 3 aromatic rings. The van der Waals surface area contributed by atoms with Gasteiger partial charge in [-0.1, -0.05) is 19.1 Å². The van der Waals surface area contributed by atoms with E-state index in [9.17, 15) is 18.4 Å². The topological polar surface area (TPSA) is 73.2 Å². The Morgan fingerprint density at radius 1 is 1.10 bits per heavy atom. The molecule has 1 N–H and O–H groups in total. The van der Waals surface area contributed by atoms with Crippen LogP contribution in [-0.2, 0) is 11.3 Å². The second-order valence-corrected chi connectivity index (χ2v) is 6.26. The zero-order valence-corrected chi connectivity index (χ0v) is 15.6. The van der Waals surface area contributed by atoms with E-state index in [4.69, 9.17) is 4.74 Å². The minimum atomic E-state index is -0.852. The molecule has 150 valence electrons. The molecule has 1 aromatic heterocycles. The van der Waals surface area contributed by atoms with Gasteiger partial charge in [0.15, 0.2) is 6.10 Å². The van der Waals surface area contributed by atoms with Crippen molar-refractivity contribution in [2.75, 3.05) is 0 Å². The van der Waals surface area contributed by atoms with E-state index >= 15 is 0 Å². The van der Waals surface area contributed by atoms with Crippen LogP contribution in [0.3, 0.4) is 0 Å². The predicted molar refractivity (Wildman–Crippen MR) is 103 cm³/mol. The maximum absolute atomic E-state index is 13.2. The molecule has 0 spiro atoms. The first-order chi connectivity index (χ1) is 14.0. The molecule has 0 bridgehead atoms. The smallest absolute Gasteiger partial charge is 0.271 e. The molecule has 0 aliphatic carbocycles. The fraction of sp³-hybridized carbons (Fsp3) is 0.190. The number of ether oxygens (including phenoxy) is 1. The van der Waals surface area contributed by atoms with Crippen LogP contribution in [0.1, 0.15) is 18.9 Å². The number of rotatable bonds is 7. The first-order valence-electron chi connectivity index (χ1n) is 9.01. The third kappa shape index (κ3) is 5.25. The van der Waals surface area contributed by atoms with Crippen LogP contribution in [0.2, 0.25) is 0 Å². The lowest BCUT2D eigenvalue weighted by Gasteiger charge is -2.17. The molecule has 2 aromatic carbocycles. The van der Waals surface area contributed by atoms with Gasteiger partial charge in [-0.05, 0) is 48.4 Å². The summed E-state index contributed by atoms with van der Waals surface area (Å²) in [4.78, 5) is 24.5. The van der Waals surface area contributed by atoms with Crippen LogP contribution in [0.4, 0.5) is 8.78 Å². The Hall–Kier alpha value is -3.55. The molecule has 29 heavy (non-hydrogen) atoms. The summed E-state index contributed by atoms with van der Waals surface area (Å²) in [6.07, 6.45) is -0.498. The standard InChI is InChI=1S/C21H19F2N3O3/c1-2-18(21(28)24-13-14-4-3-5-16(23)12-14)29-19-10-11-20(27)26(25-19)17-8-6-15(22)7-9-17/h3-12,18H,2,13H2,1H3,(H,24,28)/t18-/m0/s1. The van der Waals surface area contributed by atoms with Gasteiger partial charge in [-0.15, -0.1) is 5.10 Å². The van der Waals surface area contributed by atoms with Gasteiger partial charge in [0.25, 0.3) is 11.5 Å². The van der Waals surface area contributed by atoms with E-state index in [2.05, 4.69) is 10.4 Å². The third-order valence-corrected chi connectivity index (χ3v) is 4.13. The lowest BCUT2D eigenvalue weighted by Crippen LogP contribution is -2.38. The first-order valence-corrected chi connectivity index (χ1v) is 9.01. The van der Waals surface area contributed by atoms with Crippen molar-refractivity contribution in [2.24, 2.45) is 0 Å². The zero-order chi connectivity index (χ0) is 20.8. The number of carbonyl (C=O) groups excluding carboxylic acids is 1. The van der Waals surface area contributed by atoms with Crippen LogP contribution in [0.5, 0.6) is 5.88 Å². The van der Waals surface area contributed by atoms with E-state index in [0.29, 0.717) is 17.7 Å². The number of benzene rings is 2. The molecule has 6 nitrogen and oxygen atoms in total. The van der Waals surface area contributed by atoms with E-state index < -0.39 is 23.4 Å². The van der Waals surface area contributed by atoms with Gasteiger partial charge in [0.1, 0.15) is 11.6 Å². The van der Waals surface area contributed by atoms with Crippen molar-refractivity contribution in [2.45, 2.75) is 26.0 Å². The molecule has 1 heterocycles. The van der Waals surface area contributed by atoms with Crippen molar-refractivity contribution >= 4 is 5.91 Å². The molecule has 1 amide bonds. The summed E-state index contributed by atoms with van der Waals surface area (Å²) in [6.45, 7) is 1.92. The van der Waals surface area contributed by atoms with Crippen LogP contribution in [0, 0.1) is 11.6 Å². The Morgan fingerprint density at radius 3 is 2.55 bits per heavy atom. The van der Waals surface area contributed by atoms with Gasteiger partial charge in [-0.25, -0.2) is 8.78 Å². The summed E-state index contributed by atoms with van der Waals surface area (Å²) in [6, 6.07) is 13.8. The molecule has 8 heteroatoms. The van der Waals surface area contributed by atoms with E-state index in [1.54, 1.807) is 19.1 Å². The van der Waals surface area contributed by atoms with Crippen LogP contribution in [0.25, 0.3) is 5.69 Å². The first kappa shape index (κ1) is 20.2. The molecule has 0 aliphatic rings. The van der Waals surface area contributed by atoms with Gasteiger partial charge in [-0.2, -0.15) is 4.68 Å². The Bertz CT molecular complexity index is 1050. The fourth-order valence-electron chi connectivity index (χ4n) is 2.64. The summed E-state index contributed by atoms with van der Waals surface area (Å²) >= 11 is 0. The highest BCUT2D eigenvalue weighted by atomic mass is 19.1. The average Bonchev–Trinajstić information content (AvgIpc) is 2.72. The zero-order valence-electron chi connectivity index (χ0n) is 15.6. The Kier molecular flexibility index (Phi) is 6.33. The minimum absolute atomic E-state index is 0.0710. The summed E-state index contributed by atoms with van der Waals surface area (Å²) < 4.78 is 33.1. The third-order valence-electron chi connectivity index (χ3n) is 4.13. The van der Waals surface area contributed by atoms with E-state index in [1.165, 1.54) is 48.5 Å². The van der Waals surface area contributed by atoms with Crippen molar-refractivity contribution in [1.82, 2.24) is 15.1 Å². The van der Waals surface area contributed by atoms with Crippen molar-refractivity contribution in [3.05, 3.63) is 88.2 Å². The number of hydrogen-bond acceptors (Lipinski definition) is 4. The molecule has 0 aliphatic heterocycles. The number of hydrogen-bond donors (Lipinski definition) is 1. The van der Waals surface area contributed by atoms with Crippen LogP contribution < -0.4 is 15.6 Å². The van der Waals surface area contributed by atoms with Crippen molar-refractivity contribution in [1.29, 1.82) is 0 Å². The highest BCUT2D eigenvalue weighted by molar-refractivity contribution is 5.81. The SMILES string of the molecule is CC[C@H](Oc1ccc(=O)n(-c2ccc(F)cc2)n1)C(=O)NCc1cccc(F)c1. The van der Waals surface area contributed by atoms with Crippen molar-refractivity contribution < 1.29 is 18.3 Å². The van der Waals surface area contributed by atoms with Gasteiger partial charge in [-0.3, -0.25) is 9.59 Å². The van der Waals surface area contributed by atoms with Crippen molar-refractivity contribution in [3.8, 4) is 11.6 Å². The van der Waals surface area contributed by atoms with Gasteiger partial charge < -0.3 is 10.1 Å². The molecule has 0 saturated carbocycles. The summed E-state index contributed by atoms with van der Waals surface area (Å²) in [5, 5.41) is 6.79. The second-order valence-electron chi connectivity index (χ2n) is 6.26. The van der Waals surface area contributed by atoms with Crippen LogP contribution in [0.15, 0.2) is 65.5 Å².